The molecular formula is C19H34N4O10. The Kier molecular flexibility index (Phi) is 14.6. The number of nitrogens with zero attached hydrogens (tertiary/aromatic N) is 3. The van der Waals surface area contributed by atoms with Crippen LogP contribution in [0.25, 0.3) is 0 Å². The number of carbonyl (C=O) groups is 5. The van der Waals surface area contributed by atoms with E-state index in [1.165, 1.54) is 9.80 Å². The van der Waals surface area contributed by atoms with Crippen molar-refractivity contribution in [2.45, 2.75) is 38.3 Å². The van der Waals surface area contributed by atoms with Crippen molar-refractivity contribution in [3.05, 3.63) is 0 Å². The van der Waals surface area contributed by atoms with Crippen LogP contribution in [0.15, 0.2) is 0 Å². The molecule has 0 aliphatic rings. The number of hydrogen-bond acceptors (Lipinski definition) is 9. The summed E-state index contributed by atoms with van der Waals surface area (Å²) in [5.74, 6) is -6.18. The molecule has 0 aromatic heterocycles. The van der Waals surface area contributed by atoms with E-state index in [1.54, 1.807) is 6.92 Å². The summed E-state index contributed by atoms with van der Waals surface area (Å²) in [5, 5.41) is 45.8. The van der Waals surface area contributed by atoms with Crippen LogP contribution in [0.2, 0.25) is 0 Å². The first kappa shape index (κ1) is 30.2. The molecule has 0 aliphatic carbocycles. The van der Waals surface area contributed by atoms with E-state index in [-0.39, 0.29) is 13.1 Å². The molecule has 0 saturated carbocycles. The Hall–Kier alpha value is -2.81. The van der Waals surface area contributed by atoms with Gasteiger partial charge in [-0.3, -0.25) is 38.7 Å². The molecule has 0 bridgehead atoms. The summed E-state index contributed by atoms with van der Waals surface area (Å²) in [7, 11) is 0. The highest BCUT2D eigenvalue weighted by Gasteiger charge is 2.28. The number of carboxylic acids is 5. The van der Waals surface area contributed by atoms with Gasteiger partial charge in [0.05, 0.1) is 32.7 Å². The first-order valence-electron chi connectivity index (χ1n) is 10.3. The highest BCUT2D eigenvalue weighted by atomic mass is 16.4. The maximum atomic E-state index is 11.4. The fraction of sp³-hybridized carbons (Fsp3) is 0.737. The van der Waals surface area contributed by atoms with E-state index in [2.05, 4.69) is 0 Å². The average molecular weight is 478 g/mol. The zero-order valence-electron chi connectivity index (χ0n) is 18.6. The van der Waals surface area contributed by atoms with E-state index < -0.39 is 74.7 Å². The van der Waals surface area contributed by atoms with Crippen LogP contribution in [0.3, 0.4) is 0 Å². The number of rotatable bonds is 20. The molecular weight excluding hydrogens is 444 g/mol. The largest absolute Gasteiger partial charge is 0.480 e. The van der Waals surface area contributed by atoms with Gasteiger partial charge < -0.3 is 31.3 Å². The third kappa shape index (κ3) is 14.8. The van der Waals surface area contributed by atoms with Gasteiger partial charge in [0.2, 0.25) is 0 Å². The van der Waals surface area contributed by atoms with Crippen LogP contribution >= 0.6 is 0 Å². The molecule has 0 rings (SSSR count). The molecule has 7 N–H and O–H groups in total. The van der Waals surface area contributed by atoms with Gasteiger partial charge in [0.15, 0.2) is 0 Å². The van der Waals surface area contributed by atoms with Gasteiger partial charge in [-0.15, -0.1) is 0 Å². The van der Waals surface area contributed by atoms with Crippen LogP contribution in [0.1, 0.15) is 26.2 Å². The molecule has 0 amide bonds. The van der Waals surface area contributed by atoms with Gasteiger partial charge in [-0.2, -0.15) is 0 Å². The van der Waals surface area contributed by atoms with Crippen LogP contribution in [0.4, 0.5) is 0 Å². The molecule has 33 heavy (non-hydrogen) atoms. The van der Waals surface area contributed by atoms with Crippen LogP contribution in [-0.4, -0.2) is 135 Å². The second kappa shape index (κ2) is 15.9. The van der Waals surface area contributed by atoms with E-state index in [0.29, 0.717) is 25.8 Å². The average Bonchev–Trinajstić information content (AvgIpc) is 2.64. The molecule has 2 atom stereocenters. The van der Waals surface area contributed by atoms with E-state index in [9.17, 15) is 39.3 Å². The lowest BCUT2D eigenvalue weighted by molar-refractivity contribution is -0.144. The normalized spacial score (nSPS) is 13.2. The van der Waals surface area contributed by atoms with Gasteiger partial charge in [0.1, 0.15) is 0 Å². The number of unbranched alkanes of at least 4 members (excludes halogenated alkanes) is 1. The van der Waals surface area contributed by atoms with Crippen LogP contribution in [-0.2, 0) is 24.0 Å². The van der Waals surface area contributed by atoms with Crippen molar-refractivity contribution in [2.75, 3.05) is 52.4 Å². The third-order valence-electron chi connectivity index (χ3n) is 4.83. The Morgan fingerprint density at radius 1 is 0.667 bits per heavy atom. The van der Waals surface area contributed by atoms with Crippen molar-refractivity contribution in [1.29, 1.82) is 0 Å². The number of aliphatic carboxylic acids is 5. The van der Waals surface area contributed by atoms with Crippen LogP contribution in [0.5, 0.6) is 0 Å². The fourth-order valence-corrected chi connectivity index (χ4v) is 3.47. The lowest BCUT2D eigenvalue weighted by Crippen LogP contribution is -2.52. The Morgan fingerprint density at radius 3 is 1.48 bits per heavy atom. The van der Waals surface area contributed by atoms with E-state index in [4.69, 9.17) is 15.9 Å². The first-order valence-corrected chi connectivity index (χ1v) is 10.3. The summed E-state index contributed by atoms with van der Waals surface area (Å²) in [6, 6.07) is -1.31. The van der Waals surface area contributed by atoms with E-state index in [0.717, 1.165) is 4.90 Å². The Bertz CT molecular complexity index is 643. The second-order valence-electron chi connectivity index (χ2n) is 7.76. The van der Waals surface area contributed by atoms with Crippen molar-refractivity contribution in [1.82, 2.24) is 14.7 Å². The van der Waals surface area contributed by atoms with Gasteiger partial charge in [-0.1, -0.05) is 6.42 Å². The quantitative estimate of drug-likeness (QED) is 0.106. The van der Waals surface area contributed by atoms with Crippen molar-refractivity contribution in [3.63, 3.8) is 0 Å². The van der Waals surface area contributed by atoms with Gasteiger partial charge in [0.25, 0.3) is 0 Å². The third-order valence-corrected chi connectivity index (χ3v) is 4.83. The minimum Gasteiger partial charge on any atom is -0.480 e. The van der Waals surface area contributed by atoms with Gasteiger partial charge in [-0.25, -0.2) is 0 Å². The lowest BCUT2D eigenvalue weighted by atomic mass is 10.1. The molecule has 2 unspecified atom stereocenters. The summed E-state index contributed by atoms with van der Waals surface area (Å²) < 4.78 is 0. The Balaban J connectivity index is 5.73. The predicted octanol–water partition coefficient (Wildman–Crippen LogP) is -1.80. The summed E-state index contributed by atoms with van der Waals surface area (Å²) in [6.07, 6.45) is 1.51. The number of carboxylic acid groups (broad SMARTS) is 5. The standard InChI is InChI=1S/C19H34N4O10/c1-13(22(9-16(26)27)10-17(28)29)6-21(8-15(24)25)7-14(4-2-3-5-20)23(11-18(30)31)12-19(32)33/h13-14H,2-12,20H2,1H3,(H,24,25)(H,26,27)(H,28,29)(H,30,31)(H,32,33). The SMILES string of the molecule is CC(CN(CC(=O)O)CC(CCCCN)N(CC(=O)O)CC(=O)O)N(CC(=O)O)CC(=O)O. The maximum absolute atomic E-state index is 11.4. The van der Waals surface area contributed by atoms with Crippen molar-refractivity contribution in [3.8, 4) is 0 Å². The zero-order chi connectivity index (χ0) is 25.6. The molecule has 0 fully saturated rings. The fourth-order valence-electron chi connectivity index (χ4n) is 3.47. The molecule has 0 aliphatic heterocycles. The molecule has 190 valence electrons. The monoisotopic (exact) mass is 478 g/mol. The van der Waals surface area contributed by atoms with Crippen molar-refractivity contribution in [2.24, 2.45) is 5.73 Å². The van der Waals surface area contributed by atoms with Gasteiger partial charge >= 0.3 is 29.8 Å². The molecule has 0 radical (unpaired) electrons. The summed E-state index contributed by atoms with van der Waals surface area (Å²) in [6.45, 7) is -0.892. The highest BCUT2D eigenvalue weighted by Crippen LogP contribution is 2.13. The molecule has 14 heteroatoms. The number of hydrogen-bond donors (Lipinski definition) is 6. The number of nitrogens with two attached hydrogens (primary N) is 1. The summed E-state index contributed by atoms with van der Waals surface area (Å²) in [5.41, 5.74) is 5.51. The van der Waals surface area contributed by atoms with E-state index >= 15 is 0 Å². The van der Waals surface area contributed by atoms with Gasteiger partial charge in [0, 0.05) is 25.2 Å². The van der Waals surface area contributed by atoms with Crippen molar-refractivity contribution < 1.29 is 49.5 Å². The van der Waals surface area contributed by atoms with Crippen LogP contribution in [0, 0.1) is 0 Å². The molecule has 0 aromatic rings. The maximum Gasteiger partial charge on any atom is 0.317 e. The van der Waals surface area contributed by atoms with Crippen LogP contribution < -0.4 is 5.73 Å². The molecule has 0 aromatic carbocycles. The van der Waals surface area contributed by atoms with E-state index in [1.807, 2.05) is 0 Å². The molecule has 0 saturated heterocycles. The molecule has 0 heterocycles. The molecule has 14 nitrogen and oxygen atoms in total. The minimum atomic E-state index is -1.25. The minimum absolute atomic E-state index is 0.0181. The Morgan fingerprint density at radius 2 is 1.09 bits per heavy atom. The predicted molar refractivity (Wildman–Crippen MR) is 114 cm³/mol. The summed E-state index contributed by atoms with van der Waals surface area (Å²) in [4.78, 5) is 60.0. The lowest BCUT2D eigenvalue weighted by Gasteiger charge is -2.36. The zero-order valence-corrected chi connectivity index (χ0v) is 18.6. The summed E-state index contributed by atoms with van der Waals surface area (Å²) >= 11 is 0. The highest BCUT2D eigenvalue weighted by molar-refractivity contribution is 5.73. The second-order valence-corrected chi connectivity index (χ2v) is 7.76. The smallest absolute Gasteiger partial charge is 0.317 e. The van der Waals surface area contributed by atoms with Crippen molar-refractivity contribution >= 4 is 29.8 Å². The van der Waals surface area contributed by atoms with Gasteiger partial charge in [-0.05, 0) is 26.3 Å². The first-order chi connectivity index (χ1) is 15.3. The molecule has 0 spiro atoms. The topological polar surface area (TPSA) is 222 Å². The Labute approximate surface area is 191 Å².